The Hall–Kier alpha value is -0.0400. The lowest BCUT2D eigenvalue weighted by molar-refractivity contribution is 0.0973. The molecule has 1 nitrogen and oxygen atoms in total. The molecule has 1 heteroatoms. The van der Waals surface area contributed by atoms with Crippen molar-refractivity contribution in [1.82, 2.24) is 0 Å². The summed E-state index contributed by atoms with van der Waals surface area (Å²) in [7, 11) is 0. The van der Waals surface area contributed by atoms with Crippen LogP contribution < -0.4 is 0 Å². The van der Waals surface area contributed by atoms with Crippen LogP contribution in [0, 0.1) is 11.8 Å². The first-order chi connectivity index (χ1) is 8.18. The minimum atomic E-state index is 0.0137. The van der Waals surface area contributed by atoms with Crippen molar-refractivity contribution in [1.29, 1.82) is 0 Å². The zero-order chi connectivity index (χ0) is 12.5. The molecule has 0 amide bonds. The van der Waals surface area contributed by atoms with Gasteiger partial charge in [0.2, 0.25) is 0 Å². The molecular weight excluding hydrogens is 208 g/mol. The first-order valence-corrected chi connectivity index (χ1v) is 7.86. The largest absolute Gasteiger partial charge is 0.393 e. The second-order valence-electron chi connectivity index (χ2n) is 6.43. The Kier molecular flexibility index (Phi) is 7.92. The minimum absolute atomic E-state index is 0.0137. The van der Waals surface area contributed by atoms with Crippen molar-refractivity contribution in [2.45, 2.75) is 90.6 Å². The topological polar surface area (TPSA) is 20.2 Å². The van der Waals surface area contributed by atoms with Gasteiger partial charge in [0.15, 0.2) is 0 Å². The van der Waals surface area contributed by atoms with Gasteiger partial charge < -0.3 is 5.11 Å². The van der Waals surface area contributed by atoms with E-state index in [2.05, 4.69) is 13.8 Å². The number of rotatable bonds is 8. The summed E-state index contributed by atoms with van der Waals surface area (Å²) in [5.74, 6) is 1.70. The van der Waals surface area contributed by atoms with Crippen molar-refractivity contribution in [2.75, 3.05) is 0 Å². The Morgan fingerprint density at radius 1 is 1.00 bits per heavy atom. The van der Waals surface area contributed by atoms with Gasteiger partial charge in [0.05, 0.1) is 6.10 Å². The van der Waals surface area contributed by atoms with E-state index < -0.39 is 0 Å². The lowest BCUT2D eigenvalue weighted by Gasteiger charge is -2.25. The summed E-state index contributed by atoms with van der Waals surface area (Å²) in [4.78, 5) is 0. The molecule has 0 aromatic carbocycles. The molecule has 102 valence electrons. The monoisotopic (exact) mass is 240 g/mol. The zero-order valence-corrected chi connectivity index (χ0v) is 12.0. The molecule has 1 saturated carbocycles. The van der Waals surface area contributed by atoms with Crippen molar-refractivity contribution >= 4 is 0 Å². The fraction of sp³-hybridized carbons (Fsp3) is 1.00. The van der Waals surface area contributed by atoms with E-state index in [1.807, 2.05) is 0 Å². The van der Waals surface area contributed by atoms with Crippen LogP contribution in [0.1, 0.15) is 84.5 Å². The Labute approximate surface area is 108 Å². The van der Waals surface area contributed by atoms with Gasteiger partial charge >= 0.3 is 0 Å². The Morgan fingerprint density at radius 2 is 1.71 bits per heavy atom. The third-order valence-electron chi connectivity index (χ3n) is 4.15. The van der Waals surface area contributed by atoms with Gasteiger partial charge in [-0.25, -0.2) is 0 Å². The molecule has 17 heavy (non-hydrogen) atoms. The molecule has 2 atom stereocenters. The van der Waals surface area contributed by atoms with Gasteiger partial charge in [-0.1, -0.05) is 71.6 Å². The van der Waals surface area contributed by atoms with Crippen molar-refractivity contribution in [3.05, 3.63) is 0 Å². The van der Waals surface area contributed by atoms with Crippen LogP contribution in [0.15, 0.2) is 0 Å². The van der Waals surface area contributed by atoms with Gasteiger partial charge in [0, 0.05) is 0 Å². The summed E-state index contributed by atoms with van der Waals surface area (Å²) >= 11 is 0. The maximum atomic E-state index is 9.60. The molecule has 1 aliphatic carbocycles. The molecule has 2 unspecified atom stereocenters. The molecule has 0 saturated heterocycles. The fourth-order valence-electron chi connectivity index (χ4n) is 3.04. The molecule has 1 rings (SSSR count). The zero-order valence-electron chi connectivity index (χ0n) is 12.0. The fourth-order valence-corrected chi connectivity index (χ4v) is 3.04. The highest BCUT2D eigenvalue weighted by molar-refractivity contribution is 4.72. The molecule has 1 fully saturated rings. The molecule has 1 N–H and O–H groups in total. The summed E-state index contributed by atoms with van der Waals surface area (Å²) < 4.78 is 0. The van der Waals surface area contributed by atoms with Crippen LogP contribution >= 0.6 is 0 Å². The van der Waals surface area contributed by atoms with Crippen LogP contribution in [0.3, 0.4) is 0 Å². The van der Waals surface area contributed by atoms with Crippen LogP contribution in [0.25, 0.3) is 0 Å². The summed E-state index contributed by atoms with van der Waals surface area (Å²) in [5, 5.41) is 9.60. The highest BCUT2D eigenvalue weighted by atomic mass is 16.3. The number of aliphatic hydroxyl groups is 1. The SMILES string of the molecule is CC(C)CCCCCCCC1CCCC(O)C1. The smallest absolute Gasteiger partial charge is 0.0542 e. The van der Waals surface area contributed by atoms with E-state index in [0.29, 0.717) is 0 Å². The summed E-state index contributed by atoms with van der Waals surface area (Å²) in [6.45, 7) is 4.63. The molecule has 0 aromatic rings. The van der Waals surface area contributed by atoms with E-state index in [-0.39, 0.29) is 6.10 Å². The van der Waals surface area contributed by atoms with Gasteiger partial charge in [-0.3, -0.25) is 0 Å². The van der Waals surface area contributed by atoms with E-state index in [1.165, 1.54) is 57.8 Å². The summed E-state index contributed by atoms with van der Waals surface area (Å²) in [6, 6.07) is 0. The number of aliphatic hydroxyl groups excluding tert-OH is 1. The summed E-state index contributed by atoms with van der Waals surface area (Å²) in [6.07, 6.45) is 14.6. The van der Waals surface area contributed by atoms with E-state index in [0.717, 1.165) is 24.7 Å². The highest BCUT2D eigenvalue weighted by Crippen LogP contribution is 2.28. The van der Waals surface area contributed by atoms with Crippen molar-refractivity contribution in [2.24, 2.45) is 11.8 Å². The van der Waals surface area contributed by atoms with Gasteiger partial charge in [-0.05, 0) is 24.7 Å². The maximum Gasteiger partial charge on any atom is 0.0542 e. The van der Waals surface area contributed by atoms with Gasteiger partial charge in [0.1, 0.15) is 0 Å². The third-order valence-corrected chi connectivity index (χ3v) is 4.15. The van der Waals surface area contributed by atoms with Crippen molar-refractivity contribution in [3.63, 3.8) is 0 Å². The van der Waals surface area contributed by atoms with E-state index in [4.69, 9.17) is 0 Å². The molecule has 0 aromatic heterocycles. The molecule has 0 heterocycles. The molecule has 0 bridgehead atoms. The molecule has 0 radical (unpaired) electrons. The average molecular weight is 240 g/mol. The van der Waals surface area contributed by atoms with E-state index in [1.54, 1.807) is 0 Å². The quantitative estimate of drug-likeness (QED) is 0.597. The Morgan fingerprint density at radius 3 is 2.41 bits per heavy atom. The van der Waals surface area contributed by atoms with Gasteiger partial charge in [-0.2, -0.15) is 0 Å². The lowest BCUT2D eigenvalue weighted by Crippen LogP contribution is -2.19. The second-order valence-corrected chi connectivity index (χ2v) is 6.43. The number of hydrogen-bond donors (Lipinski definition) is 1. The first-order valence-electron chi connectivity index (χ1n) is 7.86. The Balaban J connectivity index is 1.86. The van der Waals surface area contributed by atoms with Gasteiger partial charge in [0.25, 0.3) is 0 Å². The standard InChI is InChI=1S/C16H32O/c1-14(2)9-6-4-3-5-7-10-15-11-8-12-16(17)13-15/h14-17H,3-13H2,1-2H3. The normalized spacial score (nSPS) is 25.4. The van der Waals surface area contributed by atoms with E-state index in [9.17, 15) is 5.11 Å². The third kappa shape index (κ3) is 7.81. The second kappa shape index (κ2) is 8.97. The maximum absolute atomic E-state index is 9.60. The Bertz CT molecular complexity index is 176. The summed E-state index contributed by atoms with van der Waals surface area (Å²) in [5.41, 5.74) is 0. The molecule has 0 aliphatic heterocycles. The van der Waals surface area contributed by atoms with Gasteiger partial charge in [-0.15, -0.1) is 0 Å². The number of unbranched alkanes of at least 4 members (excludes halogenated alkanes) is 4. The van der Waals surface area contributed by atoms with Crippen LogP contribution in [-0.2, 0) is 0 Å². The van der Waals surface area contributed by atoms with Crippen molar-refractivity contribution < 1.29 is 5.11 Å². The predicted octanol–water partition coefficient (Wildman–Crippen LogP) is 4.92. The van der Waals surface area contributed by atoms with Crippen LogP contribution in [-0.4, -0.2) is 11.2 Å². The highest BCUT2D eigenvalue weighted by Gasteiger charge is 2.19. The van der Waals surface area contributed by atoms with Crippen molar-refractivity contribution in [3.8, 4) is 0 Å². The van der Waals surface area contributed by atoms with Crippen LogP contribution in [0.4, 0.5) is 0 Å². The molecule has 0 spiro atoms. The predicted molar refractivity (Wildman–Crippen MR) is 75.1 cm³/mol. The first kappa shape index (κ1) is 15.0. The van der Waals surface area contributed by atoms with Crippen LogP contribution in [0.5, 0.6) is 0 Å². The molecular formula is C16H32O. The van der Waals surface area contributed by atoms with E-state index >= 15 is 0 Å². The lowest BCUT2D eigenvalue weighted by atomic mass is 9.84. The number of hydrogen-bond acceptors (Lipinski definition) is 1. The molecule has 1 aliphatic rings. The van der Waals surface area contributed by atoms with Crippen LogP contribution in [0.2, 0.25) is 0 Å². The minimum Gasteiger partial charge on any atom is -0.393 e. The average Bonchev–Trinajstić information content (AvgIpc) is 2.27.